The standard InChI is InChI=1S/C16H19F3N2OS/c1-21-8-4-5-10(21)9-11-14-12(6-3-7-13(14)23-2)20-15(11)22-16(17,18)19/h3,6-7,10,20H,4-5,8-9H2,1-2H3/t10-/m1/s1. The first-order valence-electron chi connectivity index (χ1n) is 7.52. The lowest BCUT2D eigenvalue weighted by Crippen LogP contribution is -2.27. The van der Waals surface area contributed by atoms with E-state index in [0.29, 0.717) is 17.5 Å². The number of ether oxygens (including phenoxy) is 1. The fourth-order valence-electron chi connectivity index (χ4n) is 3.30. The van der Waals surface area contributed by atoms with Gasteiger partial charge in [0.2, 0.25) is 5.88 Å². The highest BCUT2D eigenvalue weighted by Gasteiger charge is 2.34. The van der Waals surface area contributed by atoms with Gasteiger partial charge in [0.15, 0.2) is 0 Å². The van der Waals surface area contributed by atoms with Gasteiger partial charge in [0.1, 0.15) is 0 Å². The van der Waals surface area contributed by atoms with Crippen LogP contribution in [0.15, 0.2) is 23.1 Å². The molecular formula is C16H19F3N2OS. The van der Waals surface area contributed by atoms with Crippen molar-refractivity contribution in [3.8, 4) is 5.88 Å². The second-order valence-electron chi connectivity index (χ2n) is 5.84. The molecule has 1 aliphatic heterocycles. The fourth-order valence-corrected chi connectivity index (χ4v) is 3.95. The highest BCUT2D eigenvalue weighted by molar-refractivity contribution is 7.98. The predicted octanol–water partition coefficient (Wildman–Crippen LogP) is 4.43. The minimum absolute atomic E-state index is 0.172. The molecule has 1 aromatic heterocycles. The normalized spacial score (nSPS) is 19.6. The van der Waals surface area contributed by atoms with Crippen LogP contribution in [-0.2, 0) is 6.42 Å². The number of hydrogen-bond acceptors (Lipinski definition) is 3. The lowest BCUT2D eigenvalue weighted by Gasteiger charge is -2.20. The molecule has 0 bridgehead atoms. The van der Waals surface area contributed by atoms with Crippen LogP contribution in [0.1, 0.15) is 18.4 Å². The number of halogens is 3. The van der Waals surface area contributed by atoms with Crippen molar-refractivity contribution >= 4 is 22.7 Å². The molecule has 1 aliphatic rings. The van der Waals surface area contributed by atoms with Crippen LogP contribution in [0.3, 0.4) is 0 Å². The highest BCUT2D eigenvalue weighted by atomic mass is 32.2. The molecule has 7 heteroatoms. The number of fused-ring (bicyclic) bond motifs is 1. The number of thioether (sulfide) groups is 1. The lowest BCUT2D eigenvalue weighted by molar-refractivity contribution is -0.276. The summed E-state index contributed by atoms with van der Waals surface area (Å²) in [6, 6.07) is 5.81. The van der Waals surface area contributed by atoms with Crippen molar-refractivity contribution in [1.29, 1.82) is 0 Å². The molecule has 0 radical (unpaired) electrons. The molecule has 3 nitrogen and oxygen atoms in total. The third-order valence-corrected chi connectivity index (χ3v) is 5.18. The zero-order valence-electron chi connectivity index (χ0n) is 13.0. The molecule has 0 aliphatic carbocycles. The van der Waals surface area contributed by atoms with Gasteiger partial charge in [-0.3, -0.25) is 0 Å². The van der Waals surface area contributed by atoms with Crippen LogP contribution in [0.4, 0.5) is 13.2 Å². The zero-order valence-corrected chi connectivity index (χ0v) is 13.9. The van der Waals surface area contributed by atoms with E-state index >= 15 is 0 Å². The van der Waals surface area contributed by atoms with E-state index in [2.05, 4.69) is 14.6 Å². The lowest BCUT2D eigenvalue weighted by atomic mass is 10.0. The number of hydrogen-bond donors (Lipinski definition) is 1. The van der Waals surface area contributed by atoms with Gasteiger partial charge >= 0.3 is 6.36 Å². The van der Waals surface area contributed by atoms with Crippen molar-refractivity contribution in [2.75, 3.05) is 19.8 Å². The van der Waals surface area contributed by atoms with E-state index in [9.17, 15) is 13.2 Å². The van der Waals surface area contributed by atoms with Gasteiger partial charge in [-0.1, -0.05) is 6.07 Å². The van der Waals surface area contributed by atoms with Crippen LogP contribution in [0.25, 0.3) is 10.9 Å². The second-order valence-corrected chi connectivity index (χ2v) is 6.69. The van der Waals surface area contributed by atoms with E-state index in [-0.39, 0.29) is 11.9 Å². The maximum absolute atomic E-state index is 12.8. The molecule has 3 rings (SSSR count). The SMILES string of the molecule is CSc1cccc2[nH]c(OC(F)(F)F)c(C[C@H]3CCCN3C)c12. The van der Waals surface area contributed by atoms with Crippen LogP contribution in [0, 0.1) is 0 Å². The Hall–Kier alpha value is -1.34. The minimum atomic E-state index is -4.70. The van der Waals surface area contributed by atoms with Crippen molar-refractivity contribution < 1.29 is 17.9 Å². The Morgan fingerprint density at radius 3 is 2.78 bits per heavy atom. The smallest absolute Gasteiger partial charge is 0.390 e. The van der Waals surface area contributed by atoms with Gasteiger partial charge in [-0.25, -0.2) is 0 Å². The maximum Gasteiger partial charge on any atom is 0.574 e. The number of aromatic nitrogens is 1. The molecule has 1 aromatic carbocycles. The molecule has 0 spiro atoms. The molecule has 23 heavy (non-hydrogen) atoms. The average Bonchev–Trinajstić information content (AvgIpc) is 3.02. The summed E-state index contributed by atoms with van der Waals surface area (Å²) in [5, 5.41) is 0.847. The largest absolute Gasteiger partial charge is 0.574 e. The average molecular weight is 344 g/mol. The van der Waals surface area contributed by atoms with Crippen molar-refractivity contribution in [2.24, 2.45) is 0 Å². The Bertz CT molecular complexity index is 698. The predicted molar refractivity (Wildman–Crippen MR) is 86.1 cm³/mol. The maximum atomic E-state index is 12.8. The number of likely N-dealkylation sites (N-methyl/N-ethyl adjacent to an activating group) is 1. The Morgan fingerprint density at radius 1 is 1.39 bits per heavy atom. The number of rotatable bonds is 4. The molecule has 0 unspecified atom stereocenters. The van der Waals surface area contributed by atoms with Gasteiger partial charge in [-0.05, 0) is 51.2 Å². The number of H-pyrrole nitrogens is 1. The molecule has 2 aromatic rings. The third-order valence-electron chi connectivity index (χ3n) is 4.40. The summed E-state index contributed by atoms with van der Waals surface area (Å²) in [5.41, 5.74) is 1.31. The molecular weight excluding hydrogens is 325 g/mol. The van der Waals surface area contributed by atoms with E-state index in [4.69, 9.17) is 0 Å². The Kier molecular flexibility index (Phi) is 4.51. The van der Waals surface area contributed by atoms with E-state index in [1.165, 1.54) is 11.8 Å². The molecule has 1 N–H and O–H groups in total. The first kappa shape index (κ1) is 16.5. The van der Waals surface area contributed by atoms with Crippen LogP contribution in [0.5, 0.6) is 5.88 Å². The molecule has 1 fully saturated rings. The van der Waals surface area contributed by atoms with Crippen LogP contribution in [0.2, 0.25) is 0 Å². The highest BCUT2D eigenvalue weighted by Crippen LogP contribution is 2.38. The first-order valence-corrected chi connectivity index (χ1v) is 8.75. The molecule has 2 heterocycles. The van der Waals surface area contributed by atoms with Gasteiger partial charge in [0.05, 0.1) is 0 Å². The van der Waals surface area contributed by atoms with Gasteiger partial charge in [0, 0.05) is 27.4 Å². The molecule has 0 saturated carbocycles. The molecule has 1 saturated heterocycles. The number of nitrogens with zero attached hydrogens (tertiary/aromatic N) is 1. The zero-order chi connectivity index (χ0) is 16.6. The third kappa shape index (κ3) is 3.45. The van der Waals surface area contributed by atoms with Crippen LogP contribution in [-0.4, -0.2) is 42.1 Å². The summed E-state index contributed by atoms with van der Waals surface area (Å²) in [6.07, 6.45) is -0.141. The van der Waals surface area contributed by atoms with Crippen molar-refractivity contribution in [2.45, 2.75) is 36.6 Å². The van der Waals surface area contributed by atoms with Gasteiger partial charge in [-0.2, -0.15) is 0 Å². The Balaban J connectivity index is 2.08. The quantitative estimate of drug-likeness (QED) is 0.832. The number of aromatic amines is 1. The number of alkyl halides is 3. The number of benzene rings is 1. The van der Waals surface area contributed by atoms with Crippen LogP contribution < -0.4 is 4.74 Å². The molecule has 1 atom stereocenters. The van der Waals surface area contributed by atoms with E-state index < -0.39 is 6.36 Å². The summed E-state index contributed by atoms with van der Waals surface area (Å²) in [4.78, 5) is 5.98. The van der Waals surface area contributed by atoms with E-state index in [1.54, 1.807) is 6.07 Å². The monoisotopic (exact) mass is 344 g/mol. The molecule has 0 amide bonds. The Labute approximate surface area is 137 Å². The van der Waals surface area contributed by atoms with Crippen LogP contribution >= 0.6 is 11.8 Å². The van der Waals surface area contributed by atoms with E-state index in [1.807, 2.05) is 25.4 Å². The summed E-state index contributed by atoms with van der Waals surface area (Å²) >= 11 is 1.53. The summed E-state index contributed by atoms with van der Waals surface area (Å²) in [6.45, 7) is 0.984. The second kappa shape index (κ2) is 6.28. The number of likely N-dealkylation sites (tertiary alicyclic amines) is 1. The van der Waals surface area contributed by atoms with Crippen molar-refractivity contribution in [3.63, 3.8) is 0 Å². The minimum Gasteiger partial charge on any atom is -0.390 e. The topological polar surface area (TPSA) is 28.3 Å². The molecule has 126 valence electrons. The summed E-state index contributed by atoms with van der Waals surface area (Å²) < 4.78 is 42.6. The number of nitrogens with one attached hydrogen (secondary N) is 1. The summed E-state index contributed by atoms with van der Waals surface area (Å²) in [7, 11) is 2.02. The first-order chi connectivity index (χ1) is 10.9. The van der Waals surface area contributed by atoms with E-state index in [0.717, 1.165) is 29.7 Å². The van der Waals surface area contributed by atoms with Gasteiger partial charge in [0.25, 0.3) is 0 Å². The van der Waals surface area contributed by atoms with Gasteiger partial charge in [-0.15, -0.1) is 24.9 Å². The van der Waals surface area contributed by atoms with Crippen molar-refractivity contribution in [1.82, 2.24) is 9.88 Å². The summed E-state index contributed by atoms with van der Waals surface area (Å²) in [5.74, 6) is -0.172. The van der Waals surface area contributed by atoms with Crippen molar-refractivity contribution in [3.05, 3.63) is 23.8 Å². The van der Waals surface area contributed by atoms with Gasteiger partial charge < -0.3 is 14.6 Å². The fraction of sp³-hybridized carbons (Fsp3) is 0.500. The Morgan fingerprint density at radius 2 is 2.17 bits per heavy atom.